The Morgan fingerprint density at radius 1 is 1.32 bits per heavy atom. The number of amides is 1. The van der Waals surface area contributed by atoms with Crippen molar-refractivity contribution in [3.8, 4) is 0 Å². The first-order valence-electron chi connectivity index (χ1n) is 6.11. The highest BCUT2D eigenvalue weighted by atomic mass is 16.4. The zero-order valence-corrected chi connectivity index (χ0v) is 11.2. The van der Waals surface area contributed by atoms with Crippen molar-refractivity contribution in [3.05, 3.63) is 23.5 Å². The van der Waals surface area contributed by atoms with E-state index >= 15 is 0 Å². The molecule has 0 atom stereocenters. The van der Waals surface area contributed by atoms with Gasteiger partial charge in [-0.05, 0) is 25.8 Å². The molecule has 0 aromatic carbocycles. The first kappa shape index (κ1) is 14.9. The van der Waals surface area contributed by atoms with Crippen LogP contribution in [0.1, 0.15) is 54.5 Å². The lowest BCUT2D eigenvalue weighted by atomic mass is 9.93. The largest absolute Gasteiger partial charge is 0.480 e. The van der Waals surface area contributed by atoms with E-state index in [0.717, 1.165) is 0 Å². The third-order valence-electron chi connectivity index (χ3n) is 3.30. The average Bonchev–Trinajstić information content (AvgIpc) is 2.85. The van der Waals surface area contributed by atoms with E-state index in [9.17, 15) is 19.5 Å². The molecule has 1 amide bonds. The van der Waals surface area contributed by atoms with Gasteiger partial charge in [0.1, 0.15) is 11.2 Å². The van der Waals surface area contributed by atoms with Crippen LogP contribution < -0.4 is 5.32 Å². The van der Waals surface area contributed by atoms with E-state index in [-0.39, 0.29) is 24.3 Å². The Bertz CT molecular complexity index is 500. The summed E-state index contributed by atoms with van der Waals surface area (Å²) in [6.45, 7) is 4.80. The number of carbonyl (C=O) groups is 3. The highest BCUT2D eigenvalue weighted by molar-refractivity contribution is 6.00. The van der Waals surface area contributed by atoms with Crippen molar-refractivity contribution < 1.29 is 19.5 Å². The summed E-state index contributed by atoms with van der Waals surface area (Å²) in [6, 6.07) is 1.41. The fourth-order valence-electron chi connectivity index (χ4n) is 1.80. The Balaban J connectivity index is 2.94. The standard InChI is InChI=1S/C13H18N2O4/c1-4-13(5-2,12(18)19)15-11(17)10-6-9(7-14-10)8(3)16/h6-7,14H,4-5H2,1-3H3,(H,15,17)(H,18,19). The van der Waals surface area contributed by atoms with Gasteiger partial charge in [0.25, 0.3) is 5.91 Å². The number of carboxylic acid groups (broad SMARTS) is 1. The highest BCUT2D eigenvalue weighted by Crippen LogP contribution is 2.16. The van der Waals surface area contributed by atoms with E-state index < -0.39 is 17.4 Å². The van der Waals surface area contributed by atoms with Crippen LogP contribution in [-0.4, -0.2) is 33.3 Å². The number of carbonyl (C=O) groups excluding carboxylic acids is 2. The molecule has 0 bridgehead atoms. The smallest absolute Gasteiger partial charge is 0.329 e. The van der Waals surface area contributed by atoms with Crippen LogP contribution in [0.5, 0.6) is 0 Å². The fraction of sp³-hybridized carbons (Fsp3) is 0.462. The third-order valence-corrected chi connectivity index (χ3v) is 3.30. The number of aromatic amines is 1. The molecule has 0 unspecified atom stereocenters. The molecule has 6 nitrogen and oxygen atoms in total. The molecule has 0 saturated heterocycles. The molecule has 104 valence electrons. The first-order chi connectivity index (χ1) is 8.86. The van der Waals surface area contributed by atoms with Crippen LogP contribution in [0.15, 0.2) is 12.3 Å². The summed E-state index contributed by atoms with van der Waals surface area (Å²) in [5, 5.41) is 11.8. The van der Waals surface area contributed by atoms with Crippen LogP contribution in [0.4, 0.5) is 0 Å². The zero-order chi connectivity index (χ0) is 14.6. The van der Waals surface area contributed by atoms with Gasteiger partial charge in [-0.25, -0.2) is 4.79 Å². The number of aromatic nitrogens is 1. The summed E-state index contributed by atoms with van der Waals surface area (Å²) in [5.41, 5.74) is -0.713. The number of hydrogen-bond donors (Lipinski definition) is 3. The Hall–Kier alpha value is -2.11. The molecule has 1 aromatic rings. The van der Waals surface area contributed by atoms with Crippen LogP contribution in [0.2, 0.25) is 0 Å². The van der Waals surface area contributed by atoms with E-state index in [0.29, 0.717) is 5.56 Å². The molecular weight excluding hydrogens is 248 g/mol. The Morgan fingerprint density at radius 2 is 1.89 bits per heavy atom. The lowest BCUT2D eigenvalue weighted by Gasteiger charge is -2.27. The number of Topliss-reactive ketones (excluding diaryl/α,β-unsaturated/α-hetero) is 1. The number of nitrogens with one attached hydrogen (secondary N) is 2. The second-order valence-electron chi connectivity index (χ2n) is 4.41. The van der Waals surface area contributed by atoms with Gasteiger partial charge in [0.15, 0.2) is 5.78 Å². The topological polar surface area (TPSA) is 99.3 Å². The minimum Gasteiger partial charge on any atom is -0.480 e. The molecular formula is C13H18N2O4. The van der Waals surface area contributed by atoms with Crippen LogP contribution in [0, 0.1) is 0 Å². The average molecular weight is 266 g/mol. The van der Waals surface area contributed by atoms with Gasteiger partial charge in [-0.2, -0.15) is 0 Å². The normalized spacial score (nSPS) is 11.1. The predicted molar refractivity (Wildman–Crippen MR) is 69.2 cm³/mol. The van der Waals surface area contributed by atoms with Gasteiger partial charge in [-0.15, -0.1) is 0 Å². The van der Waals surface area contributed by atoms with Gasteiger partial charge in [-0.3, -0.25) is 9.59 Å². The summed E-state index contributed by atoms with van der Waals surface area (Å²) in [5.74, 6) is -1.76. The number of hydrogen-bond acceptors (Lipinski definition) is 3. The van der Waals surface area contributed by atoms with Crippen LogP contribution >= 0.6 is 0 Å². The van der Waals surface area contributed by atoms with Gasteiger partial charge >= 0.3 is 5.97 Å². The number of rotatable bonds is 6. The van der Waals surface area contributed by atoms with Crippen LogP contribution in [0.25, 0.3) is 0 Å². The van der Waals surface area contributed by atoms with E-state index in [2.05, 4.69) is 10.3 Å². The Labute approximate surface area is 111 Å². The molecule has 1 aromatic heterocycles. The minimum absolute atomic E-state index is 0.161. The molecule has 0 spiro atoms. The predicted octanol–water partition coefficient (Wildman–Crippen LogP) is 1.59. The maximum absolute atomic E-state index is 12.0. The number of aliphatic carboxylic acids is 1. The molecule has 0 fully saturated rings. The van der Waals surface area contributed by atoms with Crippen LogP contribution in [0.3, 0.4) is 0 Å². The number of ketones is 1. The van der Waals surface area contributed by atoms with Crippen molar-refractivity contribution >= 4 is 17.7 Å². The summed E-state index contributed by atoms with van der Waals surface area (Å²) >= 11 is 0. The lowest BCUT2D eigenvalue weighted by molar-refractivity contribution is -0.144. The first-order valence-corrected chi connectivity index (χ1v) is 6.11. The summed E-state index contributed by atoms with van der Waals surface area (Å²) < 4.78 is 0. The molecule has 6 heteroatoms. The Morgan fingerprint density at radius 3 is 2.26 bits per heavy atom. The second kappa shape index (κ2) is 5.69. The van der Waals surface area contributed by atoms with Gasteiger partial charge in [-0.1, -0.05) is 13.8 Å². The van der Waals surface area contributed by atoms with E-state index in [1.54, 1.807) is 13.8 Å². The van der Waals surface area contributed by atoms with E-state index in [4.69, 9.17) is 0 Å². The summed E-state index contributed by atoms with van der Waals surface area (Å²) in [4.78, 5) is 37.1. The van der Waals surface area contributed by atoms with E-state index in [1.165, 1.54) is 19.2 Å². The fourth-order valence-corrected chi connectivity index (χ4v) is 1.80. The molecule has 3 N–H and O–H groups in total. The van der Waals surface area contributed by atoms with Crippen molar-refractivity contribution in [1.82, 2.24) is 10.3 Å². The minimum atomic E-state index is -1.28. The van der Waals surface area contributed by atoms with Crippen molar-refractivity contribution in [2.75, 3.05) is 0 Å². The number of H-pyrrole nitrogens is 1. The summed E-state index contributed by atoms with van der Waals surface area (Å²) in [6.07, 6.45) is 1.99. The maximum atomic E-state index is 12.0. The zero-order valence-electron chi connectivity index (χ0n) is 11.2. The van der Waals surface area contributed by atoms with Crippen molar-refractivity contribution in [3.63, 3.8) is 0 Å². The lowest BCUT2D eigenvalue weighted by Crippen LogP contribution is -2.53. The molecule has 0 aliphatic heterocycles. The van der Waals surface area contributed by atoms with Crippen molar-refractivity contribution in [2.45, 2.75) is 39.2 Å². The van der Waals surface area contributed by atoms with Gasteiger partial charge < -0.3 is 15.4 Å². The molecule has 0 radical (unpaired) electrons. The van der Waals surface area contributed by atoms with Crippen LogP contribution in [-0.2, 0) is 4.79 Å². The maximum Gasteiger partial charge on any atom is 0.329 e. The molecule has 0 saturated carbocycles. The van der Waals surface area contributed by atoms with Crippen molar-refractivity contribution in [1.29, 1.82) is 0 Å². The van der Waals surface area contributed by atoms with Crippen molar-refractivity contribution in [2.24, 2.45) is 0 Å². The van der Waals surface area contributed by atoms with Gasteiger partial charge in [0, 0.05) is 11.8 Å². The van der Waals surface area contributed by atoms with E-state index in [1.807, 2.05) is 0 Å². The molecule has 1 rings (SSSR count). The third kappa shape index (κ3) is 3.01. The summed E-state index contributed by atoms with van der Waals surface area (Å²) in [7, 11) is 0. The molecule has 1 heterocycles. The number of carboxylic acids is 1. The molecule has 0 aliphatic carbocycles. The molecule has 0 aliphatic rings. The quantitative estimate of drug-likeness (QED) is 0.681. The highest BCUT2D eigenvalue weighted by Gasteiger charge is 2.36. The SMILES string of the molecule is CCC(CC)(NC(=O)c1cc(C(C)=O)c[nH]1)C(=O)O. The second-order valence-corrected chi connectivity index (χ2v) is 4.41. The van der Waals surface area contributed by atoms with Gasteiger partial charge in [0.2, 0.25) is 0 Å². The molecule has 19 heavy (non-hydrogen) atoms. The van der Waals surface area contributed by atoms with Gasteiger partial charge in [0.05, 0.1) is 0 Å². The monoisotopic (exact) mass is 266 g/mol. The Kier molecular flexibility index (Phi) is 4.47.